The third-order valence-electron chi connectivity index (χ3n) is 4.35. The highest BCUT2D eigenvalue weighted by Crippen LogP contribution is 2.28. The van der Waals surface area contributed by atoms with Gasteiger partial charge in [-0.25, -0.2) is 5.43 Å². The minimum absolute atomic E-state index is 0.0742. The van der Waals surface area contributed by atoms with Crippen LogP contribution >= 0.6 is 23.2 Å². The molecule has 0 atom stereocenters. The van der Waals surface area contributed by atoms with Crippen molar-refractivity contribution in [3.63, 3.8) is 0 Å². The number of aromatic amines is 1. The maximum Gasteiger partial charge on any atom is 0.289 e. The zero-order chi connectivity index (χ0) is 20.4. The predicted octanol–water partition coefficient (Wildman–Crippen LogP) is 5.01. The number of benzene rings is 3. The molecule has 0 aliphatic heterocycles. The Labute approximate surface area is 175 Å². The topological polar surface area (TPSA) is 90.4 Å². The first-order valence-electron chi connectivity index (χ1n) is 8.58. The van der Waals surface area contributed by atoms with Crippen LogP contribution in [0.25, 0.3) is 22.0 Å². The zero-order valence-electron chi connectivity index (χ0n) is 14.9. The molecule has 3 aromatic carbocycles. The van der Waals surface area contributed by atoms with Gasteiger partial charge < -0.3 is 5.11 Å². The molecule has 1 heterocycles. The normalized spacial score (nSPS) is 11.2. The largest absolute Gasteiger partial charge is 0.507 e. The molecule has 6 nitrogen and oxygen atoms in total. The molecule has 0 saturated heterocycles. The second-order valence-electron chi connectivity index (χ2n) is 6.21. The van der Waals surface area contributed by atoms with E-state index in [1.807, 2.05) is 30.3 Å². The average Bonchev–Trinajstić information content (AvgIpc) is 3.22. The quantitative estimate of drug-likeness (QED) is 0.317. The maximum atomic E-state index is 12.3. The van der Waals surface area contributed by atoms with Crippen molar-refractivity contribution in [2.24, 2.45) is 5.10 Å². The van der Waals surface area contributed by atoms with E-state index in [1.54, 1.807) is 30.3 Å². The molecular weight excluding hydrogens is 411 g/mol. The van der Waals surface area contributed by atoms with Crippen molar-refractivity contribution in [2.75, 3.05) is 0 Å². The van der Waals surface area contributed by atoms with E-state index in [2.05, 4.69) is 20.7 Å². The Morgan fingerprint density at radius 2 is 1.90 bits per heavy atom. The van der Waals surface area contributed by atoms with E-state index in [4.69, 9.17) is 23.2 Å². The molecule has 144 valence electrons. The fourth-order valence-electron chi connectivity index (χ4n) is 2.88. The molecule has 0 fully saturated rings. The summed E-state index contributed by atoms with van der Waals surface area (Å²) in [4.78, 5) is 12.3. The molecule has 0 radical (unpaired) electrons. The monoisotopic (exact) mass is 424 g/mol. The van der Waals surface area contributed by atoms with Crippen LogP contribution in [0, 0.1) is 0 Å². The minimum atomic E-state index is -0.472. The summed E-state index contributed by atoms with van der Waals surface area (Å²) in [6.07, 6.45) is 1.41. The Morgan fingerprint density at radius 1 is 1.07 bits per heavy atom. The lowest BCUT2D eigenvalue weighted by molar-refractivity contribution is 0.0950. The number of hydrazone groups is 1. The van der Waals surface area contributed by atoms with Crippen LogP contribution in [0.4, 0.5) is 0 Å². The number of rotatable bonds is 4. The summed E-state index contributed by atoms with van der Waals surface area (Å²) in [5.41, 5.74) is 4.44. The van der Waals surface area contributed by atoms with Crippen molar-refractivity contribution in [1.82, 2.24) is 15.6 Å². The van der Waals surface area contributed by atoms with Crippen molar-refractivity contribution >= 4 is 46.1 Å². The van der Waals surface area contributed by atoms with Gasteiger partial charge in [0, 0.05) is 11.1 Å². The van der Waals surface area contributed by atoms with E-state index < -0.39 is 5.91 Å². The number of hydrogen-bond donors (Lipinski definition) is 3. The minimum Gasteiger partial charge on any atom is -0.507 e. The zero-order valence-corrected chi connectivity index (χ0v) is 16.4. The summed E-state index contributed by atoms with van der Waals surface area (Å²) in [5.74, 6) is -0.398. The summed E-state index contributed by atoms with van der Waals surface area (Å²) >= 11 is 11.9. The van der Waals surface area contributed by atoms with Gasteiger partial charge in [-0.2, -0.15) is 10.2 Å². The van der Waals surface area contributed by atoms with E-state index in [-0.39, 0.29) is 11.4 Å². The van der Waals surface area contributed by atoms with Crippen molar-refractivity contribution in [3.05, 3.63) is 82.0 Å². The lowest BCUT2D eigenvalue weighted by Crippen LogP contribution is -2.18. The van der Waals surface area contributed by atoms with Crippen LogP contribution in [-0.4, -0.2) is 27.4 Å². The van der Waals surface area contributed by atoms with Gasteiger partial charge in [0.15, 0.2) is 0 Å². The van der Waals surface area contributed by atoms with Crippen LogP contribution in [0.15, 0.2) is 65.8 Å². The van der Waals surface area contributed by atoms with Crippen molar-refractivity contribution in [1.29, 1.82) is 0 Å². The van der Waals surface area contributed by atoms with Gasteiger partial charge in [0.25, 0.3) is 5.91 Å². The van der Waals surface area contributed by atoms with Gasteiger partial charge in [0.2, 0.25) is 0 Å². The number of hydrogen-bond acceptors (Lipinski definition) is 4. The molecule has 3 N–H and O–H groups in total. The Morgan fingerprint density at radius 3 is 2.72 bits per heavy atom. The molecule has 1 aromatic heterocycles. The third-order valence-corrected chi connectivity index (χ3v) is 5.08. The van der Waals surface area contributed by atoms with Gasteiger partial charge >= 0.3 is 0 Å². The fraction of sp³-hybridized carbons (Fsp3) is 0. The number of H-pyrrole nitrogens is 1. The van der Waals surface area contributed by atoms with E-state index in [0.717, 1.165) is 16.3 Å². The molecule has 0 saturated carbocycles. The van der Waals surface area contributed by atoms with Gasteiger partial charge in [0.05, 0.1) is 22.0 Å². The predicted molar refractivity (Wildman–Crippen MR) is 115 cm³/mol. The summed E-state index contributed by atoms with van der Waals surface area (Å²) in [7, 11) is 0. The number of nitrogens with zero attached hydrogens (tertiary/aromatic N) is 2. The number of nitrogens with one attached hydrogen (secondary N) is 2. The van der Waals surface area contributed by atoms with Crippen molar-refractivity contribution < 1.29 is 9.90 Å². The number of carbonyl (C=O) groups is 1. The summed E-state index contributed by atoms with van der Waals surface area (Å²) in [6, 6.07) is 17.7. The Hall–Kier alpha value is -3.35. The van der Waals surface area contributed by atoms with Crippen molar-refractivity contribution in [3.8, 4) is 17.0 Å². The highest BCUT2D eigenvalue weighted by molar-refractivity contribution is 6.42. The van der Waals surface area contributed by atoms with Gasteiger partial charge in [-0.3, -0.25) is 9.89 Å². The number of aromatic hydroxyl groups is 1. The van der Waals surface area contributed by atoms with Crippen LogP contribution in [0.3, 0.4) is 0 Å². The lowest BCUT2D eigenvalue weighted by Gasteiger charge is -2.04. The number of phenolic OH excluding ortho intramolecular Hbond substituents is 1. The van der Waals surface area contributed by atoms with Crippen LogP contribution in [-0.2, 0) is 0 Å². The lowest BCUT2D eigenvalue weighted by atomic mass is 10.0. The Kier molecular flexibility index (Phi) is 5.20. The number of fused-ring (bicyclic) bond motifs is 1. The molecule has 4 rings (SSSR count). The Bertz CT molecular complexity index is 1250. The van der Waals surface area contributed by atoms with Gasteiger partial charge in [-0.1, -0.05) is 59.6 Å². The molecule has 0 aliphatic rings. The second-order valence-corrected chi connectivity index (χ2v) is 7.03. The number of halogens is 2. The number of amides is 1. The van der Waals surface area contributed by atoms with Crippen LogP contribution in [0.1, 0.15) is 16.1 Å². The first-order chi connectivity index (χ1) is 14.0. The molecule has 0 unspecified atom stereocenters. The summed E-state index contributed by atoms with van der Waals surface area (Å²) in [5, 5.41) is 23.5. The number of phenols is 1. The third kappa shape index (κ3) is 3.94. The standard InChI is InChI=1S/C21H14Cl2N4O2/c22-16-7-5-13(9-17(16)23)18-10-19(26-25-18)21(29)27-24-11-15-14-4-2-1-3-12(14)6-8-20(15)28/h1-11,28H,(H,25,26)(H,27,29)/b24-11-. The molecule has 0 bridgehead atoms. The first-order valence-corrected chi connectivity index (χ1v) is 9.33. The van der Waals surface area contributed by atoms with E-state index in [0.29, 0.717) is 21.3 Å². The van der Waals surface area contributed by atoms with Crippen molar-refractivity contribution in [2.45, 2.75) is 0 Å². The molecule has 0 aliphatic carbocycles. The SMILES string of the molecule is O=C(N/N=C\c1c(O)ccc2ccccc12)c1cc(-c2ccc(Cl)c(Cl)c2)n[nH]1. The highest BCUT2D eigenvalue weighted by Gasteiger charge is 2.12. The summed E-state index contributed by atoms with van der Waals surface area (Å²) in [6.45, 7) is 0. The Balaban J connectivity index is 1.52. The molecule has 4 aromatic rings. The molecular formula is C21H14Cl2N4O2. The van der Waals surface area contributed by atoms with Crippen LogP contribution in [0.2, 0.25) is 10.0 Å². The second kappa shape index (κ2) is 7.95. The van der Waals surface area contributed by atoms with Crippen LogP contribution < -0.4 is 5.43 Å². The fourth-order valence-corrected chi connectivity index (χ4v) is 3.17. The first kappa shape index (κ1) is 19.0. The van der Waals surface area contributed by atoms with Gasteiger partial charge in [-0.05, 0) is 35.0 Å². The molecule has 8 heteroatoms. The van der Waals surface area contributed by atoms with E-state index in [9.17, 15) is 9.90 Å². The number of carbonyl (C=O) groups excluding carboxylic acids is 1. The smallest absolute Gasteiger partial charge is 0.289 e. The van der Waals surface area contributed by atoms with Gasteiger partial charge in [0.1, 0.15) is 11.4 Å². The maximum absolute atomic E-state index is 12.3. The highest BCUT2D eigenvalue weighted by atomic mass is 35.5. The molecule has 0 spiro atoms. The average molecular weight is 425 g/mol. The van der Waals surface area contributed by atoms with E-state index in [1.165, 1.54) is 6.21 Å². The number of aromatic nitrogens is 2. The van der Waals surface area contributed by atoms with Gasteiger partial charge in [-0.15, -0.1) is 0 Å². The van der Waals surface area contributed by atoms with E-state index >= 15 is 0 Å². The molecule has 1 amide bonds. The molecule has 29 heavy (non-hydrogen) atoms. The summed E-state index contributed by atoms with van der Waals surface area (Å²) < 4.78 is 0. The van der Waals surface area contributed by atoms with Crippen LogP contribution in [0.5, 0.6) is 5.75 Å².